The van der Waals surface area contributed by atoms with E-state index in [1.54, 1.807) is 6.20 Å². The molecule has 1 N–H and O–H groups in total. The number of carbonyl (C=O) groups excluding carboxylic acids is 1. The van der Waals surface area contributed by atoms with Crippen LogP contribution in [-0.4, -0.2) is 41.0 Å². The van der Waals surface area contributed by atoms with Gasteiger partial charge in [-0.25, -0.2) is 0 Å². The number of nitrogens with zero attached hydrogens (tertiary/aromatic N) is 2. The fourth-order valence-corrected chi connectivity index (χ4v) is 3.36. The van der Waals surface area contributed by atoms with Crippen molar-refractivity contribution in [3.63, 3.8) is 0 Å². The largest absolute Gasteiger partial charge is 0.331 e. The number of carbonyl (C=O) groups is 1. The molecule has 0 aromatic carbocycles. The Labute approximate surface area is 107 Å². The molecule has 2 saturated heterocycles. The average Bonchev–Trinajstić information content (AvgIpc) is 2.88. The van der Waals surface area contributed by atoms with Crippen molar-refractivity contribution < 1.29 is 4.79 Å². The standard InChI is InChI=1S/C14H19N3O/c1-9-6-11-7-15-8-13(11)17(9)14(18)12-4-3-5-16-10(12)2/h3-5,9,11,13,15H,6-8H2,1-2H3. The van der Waals surface area contributed by atoms with Gasteiger partial charge in [-0.05, 0) is 38.3 Å². The predicted octanol–water partition coefficient (Wildman–Crippen LogP) is 1.21. The quantitative estimate of drug-likeness (QED) is 0.809. The van der Waals surface area contributed by atoms with Crippen LogP contribution in [0.3, 0.4) is 0 Å². The molecule has 0 bridgehead atoms. The molecule has 2 aliphatic rings. The lowest BCUT2D eigenvalue weighted by Crippen LogP contribution is -2.43. The second kappa shape index (κ2) is 4.35. The summed E-state index contributed by atoms with van der Waals surface area (Å²) in [4.78, 5) is 19.0. The monoisotopic (exact) mass is 245 g/mol. The first-order valence-electron chi connectivity index (χ1n) is 6.63. The van der Waals surface area contributed by atoms with Crippen LogP contribution in [0.4, 0.5) is 0 Å². The van der Waals surface area contributed by atoms with E-state index in [1.807, 2.05) is 19.1 Å². The summed E-state index contributed by atoms with van der Waals surface area (Å²) in [5, 5.41) is 3.39. The Bertz CT molecular complexity index is 474. The molecule has 96 valence electrons. The van der Waals surface area contributed by atoms with Gasteiger partial charge in [0.15, 0.2) is 0 Å². The van der Waals surface area contributed by atoms with Crippen LogP contribution < -0.4 is 5.32 Å². The number of amides is 1. The fourth-order valence-electron chi connectivity index (χ4n) is 3.36. The molecule has 1 aromatic rings. The van der Waals surface area contributed by atoms with Crippen molar-refractivity contribution in [3.8, 4) is 0 Å². The Kier molecular flexibility index (Phi) is 2.82. The van der Waals surface area contributed by atoms with Crippen molar-refractivity contribution >= 4 is 5.91 Å². The average molecular weight is 245 g/mol. The van der Waals surface area contributed by atoms with Crippen LogP contribution in [0, 0.1) is 12.8 Å². The number of rotatable bonds is 1. The van der Waals surface area contributed by atoms with Crippen LogP contribution in [0.1, 0.15) is 29.4 Å². The Morgan fingerprint density at radius 1 is 1.50 bits per heavy atom. The predicted molar refractivity (Wildman–Crippen MR) is 69.4 cm³/mol. The molecule has 1 aromatic heterocycles. The second-order valence-electron chi connectivity index (χ2n) is 5.42. The zero-order valence-electron chi connectivity index (χ0n) is 10.9. The number of likely N-dealkylation sites (tertiary alicyclic amines) is 1. The number of aryl methyl sites for hydroxylation is 1. The van der Waals surface area contributed by atoms with E-state index >= 15 is 0 Å². The summed E-state index contributed by atoms with van der Waals surface area (Å²) >= 11 is 0. The highest BCUT2D eigenvalue weighted by Crippen LogP contribution is 2.33. The smallest absolute Gasteiger partial charge is 0.256 e. The van der Waals surface area contributed by atoms with Gasteiger partial charge >= 0.3 is 0 Å². The molecule has 3 heterocycles. The molecular weight excluding hydrogens is 226 g/mol. The highest BCUT2D eigenvalue weighted by Gasteiger charge is 2.44. The molecule has 0 radical (unpaired) electrons. The van der Waals surface area contributed by atoms with E-state index in [4.69, 9.17) is 0 Å². The summed E-state index contributed by atoms with van der Waals surface area (Å²) in [5.74, 6) is 0.769. The summed E-state index contributed by atoms with van der Waals surface area (Å²) in [6.07, 6.45) is 2.85. The van der Waals surface area contributed by atoms with E-state index in [0.29, 0.717) is 18.0 Å². The van der Waals surface area contributed by atoms with Crippen LogP contribution >= 0.6 is 0 Å². The van der Waals surface area contributed by atoms with Crippen LogP contribution in [-0.2, 0) is 0 Å². The van der Waals surface area contributed by atoms with Gasteiger partial charge in [-0.3, -0.25) is 9.78 Å². The third-order valence-electron chi connectivity index (χ3n) is 4.25. The Balaban J connectivity index is 1.90. The van der Waals surface area contributed by atoms with Crippen LogP contribution in [0.5, 0.6) is 0 Å². The van der Waals surface area contributed by atoms with Gasteiger partial charge in [0.2, 0.25) is 0 Å². The van der Waals surface area contributed by atoms with E-state index in [0.717, 1.165) is 30.8 Å². The molecule has 0 saturated carbocycles. The summed E-state index contributed by atoms with van der Waals surface area (Å²) in [6, 6.07) is 4.43. The van der Waals surface area contributed by atoms with Crippen LogP contribution in [0.15, 0.2) is 18.3 Å². The Hall–Kier alpha value is -1.42. The van der Waals surface area contributed by atoms with Gasteiger partial charge in [0.05, 0.1) is 5.56 Å². The lowest BCUT2D eigenvalue weighted by atomic mass is 10.0. The Morgan fingerprint density at radius 2 is 2.33 bits per heavy atom. The molecule has 0 aliphatic carbocycles. The van der Waals surface area contributed by atoms with Crippen molar-refractivity contribution in [2.24, 2.45) is 5.92 Å². The molecule has 1 amide bonds. The summed E-state index contributed by atoms with van der Waals surface area (Å²) in [6.45, 7) is 6.03. The minimum Gasteiger partial charge on any atom is -0.331 e. The molecule has 3 atom stereocenters. The first kappa shape index (κ1) is 11.7. The van der Waals surface area contributed by atoms with Crippen molar-refractivity contribution in [1.29, 1.82) is 0 Å². The van der Waals surface area contributed by atoms with Crippen LogP contribution in [0.2, 0.25) is 0 Å². The SMILES string of the molecule is Cc1ncccc1C(=O)N1C(C)CC2CNCC21. The topological polar surface area (TPSA) is 45.2 Å². The molecule has 2 fully saturated rings. The zero-order valence-corrected chi connectivity index (χ0v) is 10.9. The molecule has 2 aliphatic heterocycles. The minimum atomic E-state index is 0.143. The highest BCUT2D eigenvalue weighted by atomic mass is 16.2. The molecule has 0 spiro atoms. The molecule has 4 nitrogen and oxygen atoms in total. The molecular formula is C14H19N3O. The van der Waals surface area contributed by atoms with Crippen molar-refractivity contribution in [2.75, 3.05) is 13.1 Å². The highest BCUT2D eigenvalue weighted by molar-refractivity contribution is 5.95. The third-order valence-corrected chi connectivity index (χ3v) is 4.25. The van der Waals surface area contributed by atoms with Gasteiger partial charge in [-0.2, -0.15) is 0 Å². The number of hydrogen-bond acceptors (Lipinski definition) is 3. The minimum absolute atomic E-state index is 0.143. The van der Waals surface area contributed by atoms with Gasteiger partial charge in [-0.15, -0.1) is 0 Å². The first-order chi connectivity index (χ1) is 8.68. The number of hydrogen-bond donors (Lipinski definition) is 1. The van der Waals surface area contributed by atoms with Gasteiger partial charge < -0.3 is 10.2 Å². The number of aromatic nitrogens is 1. The van der Waals surface area contributed by atoms with E-state index in [-0.39, 0.29) is 5.91 Å². The fraction of sp³-hybridized carbons (Fsp3) is 0.571. The normalized spacial score (nSPS) is 30.6. The van der Waals surface area contributed by atoms with Gasteiger partial charge in [0.1, 0.15) is 0 Å². The number of fused-ring (bicyclic) bond motifs is 1. The van der Waals surface area contributed by atoms with E-state index < -0.39 is 0 Å². The van der Waals surface area contributed by atoms with Crippen LogP contribution in [0.25, 0.3) is 0 Å². The summed E-state index contributed by atoms with van der Waals surface area (Å²) in [5.41, 5.74) is 1.57. The molecule has 4 heteroatoms. The maximum absolute atomic E-state index is 12.7. The Morgan fingerprint density at radius 3 is 3.11 bits per heavy atom. The van der Waals surface area contributed by atoms with E-state index in [9.17, 15) is 4.79 Å². The van der Waals surface area contributed by atoms with E-state index in [1.165, 1.54) is 0 Å². The molecule has 3 rings (SSSR count). The number of pyridine rings is 1. The maximum atomic E-state index is 12.7. The molecule has 18 heavy (non-hydrogen) atoms. The summed E-state index contributed by atoms with van der Waals surface area (Å²) < 4.78 is 0. The van der Waals surface area contributed by atoms with Gasteiger partial charge in [0, 0.05) is 37.1 Å². The van der Waals surface area contributed by atoms with E-state index in [2.05, 4.69) is 22.1 Å². The van der Waals surface area contributed by atoms with Crippen molar-refractivity contribution in [1.82, 2.24) is 15.2 Å². The van der Waals surface area contributed by atoms with Crippen molar-refractivity contribution in [3.05, 3.63) is 29.6 Å². The zero-order chi connectivity index (χ0) is 12.7. The molecule has 3 unspecified atom stereocenters. The van der Waals surface area contributed by atoms with Crippen molar-refractivity contribution in [2.45, 2.75) is 32.4 Å². The lowest BCUT2D eigenvalue weighted by Gasteiger charge is -2.28. The first-order valence-corrected chi connectivity index (χ1v) is 6.63. The summed E-state index contributed by atoms with van der Waals surface area (Å²) in [7, 11) is 0. The van der Waals surface area contributed by atoms with Gasteiger partial charge in [-0.1, -0.05) is 0 Å². The maximum Gasteiger partial charge on any atom is 0.256 e. The number of nitrogens with one attached hydrogen (secondary N) is 1. The van der Waals surface area contributed by atoms with Gasteiger partial charge in [0.25, 0.3) is 5.91 Å². The third kappa shape index (κ3) is 1.72. The lowest BCUT2D eigenvalue weighted by molar-refractivity contribution is 0.0681. The second-order valence-corrected chi connectivity index (χ2v) is 5.42.